The molecule has 1 N–H and O–H groups in total. The summed E-state index contributed by atoms with van der Waals surface area (Å²) in [5.41, 5.74) is 2.51. The predicted molar refractivity (Wildman–Crippen MR) is 108 cm³/mol. The zero-order valence-corrected chi connectivity index (χ0v) is 16.6. The van der Waals surface area contributed by atoms with Crippen LogP contribution < -0.4 is 5.32 Å². The Morgan fingerprint density at radius 1 is 1.17 bits per heavy atom. The summed E-state index contributed by atoms with van der Waals surface area (Å²) in [6, 6.07) is 12.0. The number of aromatic nitrogens is 3. The number of fused-ring (bicyclic) bond motifs is 1. The molecular weight excluding hydrogens is 394 g/mol. The molecule has 1 atom stereocenters. The molecule has 0 saturated heterocycles. The van der Waals surface area contributed by atoms with Crippen LogP contribution >= 0.6 is 11.8 Å². The van der Waals surface area contributed by atoms with Crippen LogP contribution in [0.1, 0.15) is 31.0 Å². The lowest BCUT2D eigenvalue weighted by atomic mass is 9.93. The van der Waals surface area contributed by atoms with Crippen molar-refractivity contribution in [3.8, 4) is 0 Å². The fourth-order valence-electron chi connectivity index (χ4n) is 3.36. The molecule has 0 bridgehead atoms. The molecule has 0 saturated carbocycles. The number of Topliss-reactive ketones (excluding diaryl/α,β-unsaturated/α-hetero) is 1. The van der Waals surface area contributed by atoms with Gasteiger partial charge in [0, 0.05) is 17.0 Å². The first-order valence-corrected chi connectivity index (χ1v) is 9.99. The summed E-state index contributed by atoms with van der Waals surface area (Å²) in [4.78, 5) is 16.8. The second-order valence-electron chi connectivity index (χ2n) is 6.72. The van der Waals surface area contributed by atoms with E-state index in [4.69, 9.17) is 0 Å². The Hall–Kier alpha value is -3.00. The summed E-state index contributed by atoms with van der Waals surface area (Å²) in [6.07, 6.45) is 0. The predicted octanol–water partition coefficient (Wildman–Crippen LogP) is 4.73. The molecule has 1 unspecified atom stereocenters. The number of halogens is 2. The zero-order chi connectivity index (χ0) is 20.5. The maximum absolute atomic E-state index is 13.9. The van der Waals surface area contributed by atoms with E-state index in [0.717, 1.165) is 5.56 Å². The van der Waals surface area contributed by atoms with Gasteiger partial charge in [-0.15, -0.1) is 5.10 Å². The van der Waals surface area contributed by atoms with Crippen LogP contribution in [0.3, 0.4) is 0 Å². The number of hydrogen-bond donors (Lipinski definition) is 1. The van der Waals surface area contributed by atoms with Crippen LogP contribution in [0.5, 0.6) is 0 Å². The molecule has 0 amide bonds. The Balaban J connectivity index is 1.69. The van der Waals surface area contributed by atoms with Crippen molar-refractivity contribution in [3.63, 3.8) is 0 Å². The molecule has 2 aromatic carbocycles. The van der Waals surface area contributed by atoms with Crippen molar-refractivity contribution in [2.75, 3.05) is 5.32 Å². The molecule has 0 aliphatic carbocycles. The molecule has 5 nitrogen and oxygen atoms in total. The number of carbonyl (C=O) groups excluding carboxylic acids is 1. The van der Waals surface area contributed by atoms with E-state index in [1.807, 2.05) is 0 Å². The monoisotopic (exact) mass is 412 g/mol. The lowest BCUT2D eigenvalue weighted by molar-refractivity contribution is -0.114. The van der Waals surface area contributed by atoms with Gasteiger partial charge in [0.2, 0.25) is 11.1 Å². The van der Waals surface area contributed by atoms with E-state index in [1.54, 1.807) is 41.9 Å². The van der Waals surface area contributed by atoms with Crippen LogP contribution in [0, 0.1) is 11.6 Å². The highest BCUT2D eigenvalue weighted by Gasteiger charge is 2.32. The highest BCUT2D eigenvalue weighted by Crippen LogP contribution is 2.36. The molecule has 1 aliphatic heterocycles. The molecule has 1 aliphatic rings. The van der Waals surface area contributed by atoms with Gasteiger partial charge in [-0.05, 0) is 43.2 Å². The summed E-state index contributed by atoms with van der Waals surface area (Å²) >= 11 is 1.31. The minimum Gasteiger partial charge on any atom is -0.328 e. The minimum absolute atomic E-state index is 0.106. The quantitative estimate of drug-likeness (QED) is 0.614. The molecule has 1 aromatic heterocycles. The molecule has 0 fully saturated rings. The Morgan fingerprint density at radius 2 is 1.90 bits per heavy atom. The number of rotatable bonds is 5. The Labute approximate surface area is 170 Å². The third-order valence-corrected chi connectivity index (χ3v) is 5.60. The van der Waals surface area contributed by atoms with Crippen LogP contribution in [0.15, 0.2) is 65.0 Å². The maximum Gasteiger partial charge on any atom is 0.227 e. The van der Waals surface area contributed by atoms with E-state index in [0.29, 0.717) is 33.7 Å². The molecule has 0 radical (unpaired) electrons. The second-order valence-corrected chi connectivity index (χ2v) is 7.66. The first-order valence-electron chi connectivity index (χ1n) is 9.01. The van der Waals surface area contributed by atoms with Gasteiger partial charge >= 0.3 is 0 Å². The van der Waals surface area contributed by atoms with Gasteiger partial charge in [-0.3, -0.25) is 4.79 Å². The smallest absolute Gasteiger partial charge is 0.227 e. The van der Waals surface area contributed by atoms with Crippen LogP contribution in [-0.2, 0) is 10.5 Å². The molecule has 148 valence electrons. The Bertz CT molecular complexity index is 1110. The topological polar surface area (TPSA) is 59.8 Å². The number of allylic oxidation sites excluding steroid dienone is 2. The van der Waals surface area contributed by atoms with E-state index in [-0.39, 0.29) is 17.4 Å². The lowest BCUT2D eigenvalue weighted by Crippen LogP contribution is -2.27. The van der Waals surface area contributed by atoms with Gasteiger partial charge in [0.15, 0.2) is 5.78 Å². The SMILES string of the molecule is CC(=O)C1=C(C)Nc2nc(SCc3ccccc3F)nn2C1c1ccc(F)cc1. The number of hydrogen-bond acceptors (Lipinski definition) is 5. The third kappa shape index (κ3) is 3.80. The minimum atomic E-state index is -0.514. The first kappa shape index (κ1) is 19.3. The van der Waals surface area contributed by atoms with Crippen LogP contribution in [0.2, 0.25) is 0 Å². The molecule has 29 heavy (non-hydrogen) atoms. The fraction of sp³-hybridized carbons (Fsp3) is 0.190. The number of nitrogens with one attached hydrogen (secondary N) is 1. The summed E-state index contributed by atoms with van der Waals surface area (Å²) < 4.78 is 28.9. The molecule has 0 spiro atoms. The number of anilines is 1. The fourth-order valence-corrected chi connectivity index (χ4v) is 4.18. The van der Waals surface area contributed by atoms with Crippen LogP contribution in [0.25, 0.3) is 0 Å². The average molecular weight is 412 g/mol. The number of ketones is 1. The van der Waals surface area contributed by atoms with E-state index >= 15 is 0 Å². The van der Waals surface area contributed by atoms with Gasteiger partial charge in [-0.25, -0.2) is 13.5 Å². The van der Waals surface area contributed by atoms with Crippen LogP contribution in [0.4, 0.5) is 14.7 Å². The summed E-state index contributed by atoms with van der Waals surface area (Å²) in [5.74, 6) is 0.128. The molecule has 8 heteroatoms. The van der Waals surface area contributed by atoms with Gasteiger partial charge in [-0.1, -0.05) is 42.1 Å². The number of nitrogens with zero attached hydrogens (tertiary/aromatic N) is 3. The van der Waals surface area contributed by atoms with Gasteiger partial charge in [-0.2, -0.15) is 4.98 Å². The summed E-state index contributed by atoms with van der Waals surface area (Å²) in [7, 11) is 0. The molecule has 2 heterocycles. The third-order valence-electron chi connectivity index (χ3n) is 4.71. The van der Waals surface area contributed by atoms with Crippen molar-refractivity contribution >= 4 is 23.5 Å². The first-order chi connectivity index (χ1) is 13.9. The number of benzene rings is 2. The lowest BCUT2D eigenvalue weighted by Gasteiger charge is -2.28. The van der Waals surface area contributed by atoms with Crippen molar-refractivity contribution in [2.45, 2.75) is 30.8 Å². The summed E-state index contributed by atoms with van der Waals surface area (Å²) in [5, 5.41) is 8.12. The van der Waals surface area contributed by atoms with Crippen molar-refractivity contribution in [3.05, 3.63) is 82.6 Å². The molecule has 4 rings (SSSR count). The Kier molecular flexibility index (Phi) is 5.19. The number of thioether (sulfide) groups is 1. The largest absolute Gasteiger partial charge is 0.328 e. The van der Waals surface area contributed by atoms with Crippen molar-refractivity contribution in [1.29, 1.82) is 0 Å². The Morgan fingerprint density at radius 3 is 2.59 bits per heavy atom. The van der Waals surface area contributed by atoms with Crippen LogP contribution in [-0.4, -0.2) is 20.5 Å². The highest BCUT2D eigenvalue weighted by atomic mass is 32.2. The summed E-state index contributed by atoms with van der Waals surface area (Å²) in [6.45, 7) is 3.30. The maximum atomic E-state index is 13.9. The highest BCUT2D eigenvalue weighted by molar-refractivity contribution is 7.98. The van der Waals surface area contributed by atoms with E-state index < -0.39 is 6.04 Å². The standard InChI is InChI=1S/C21H18F2N4OS/c1-12-18(13(2)28)19(14-7-9-16(22)10-8-14)27-20(24-12)25-21(26-27)29-11-15-5-3-4-6-17(15)23/h3-10,19H,11H2,1-2H3,(H,24,25,26). The van der Waals surface area contributed by atoms with Crippen molar-refractivity contribution < 1.29 is 13.6 Å². The van der Waals surface area contributed by atoms with Gasteiger partial charge in [0.05, 0.1) is 0 Å². The average Bonchev–Trinajstić information content (AvgIpc) is 3.09. The number of carbonyl (C=O) groups is 1. The normalized spacial score (nSPS) is 15.8. The molecule has 3 aromatic rings. The van der Waals surface area contributed by atoms with Gasteiger partial charge < -0.3 is 5.32 Å². The van der Waals surface area contributed by atoms with Crippen molar-refractivity contribution in [2.24, 2.45) is 0 Å². The van der Waals surface area contributed by atoms with E-state index in [1.165, 1.54) is 36.9 Å². The van der Waals surface area contributed by atoms with Gasteiger partial charge in [0.1, 0.15) is 17.7 Å². The van der Waals surface area contributed by atoms with Crippen molar-refractivity contribution in [1.82, 2.24) is 14.8 Å². The van der Waals surface area contributed by atoms with Gasteiger partial charge in [0.25, 0.3) is 0 Å². The second kappa shape index (κ2) is 7.79. The van der Waals surface area contributed by atoms with E-state index in [9.17, 15) is 13.6 Å². The zero-order valence-electron chi connectivity index (χ0n) is 15.8. The van der Waals surface area contributed by atoms with E-state index in [2.05, 4.69) is 15.4 Å². The molecular formula is C21H18F2N4OS.